The van der Waals surface area contributed by atoms with Crippen molar-refractivity contribution in [2.24, 2.45) is 10.1 Å². The van der Waals surface area contributed by atoms with E-state index in [0.717, 1.165) is 47.9 Å². The van der Waals surface area contributed by atoms with E-state index in [1.807, 2.05) is 17.5 Å². The minimum Gasteiger partial charge on any atom is -0.378 e. The Kier molecular flexibility index (Phi) is 6.01. The third kappa shape index (κ3) is 4.32. The van der Waals surface area contributed by atoms with Crippen molar-refractivity contribution in [3.8, 4) is 11.3 Å². The molecule has 0 N–H and O–H groups in total. The topological polar surface area (TPSA) is 85.3 Å². The molecule has 4 rings (SSSR count). The molecule has 2 heterocycles. The number of morpholine rings is 1. The third-order valence-corrected chi connectivity index (χ3v) is 5.75. The highest BCUT2D eigenvalue weighted by Gasteiger charge is 2.11. The Balaban J connectivity index is 1.59. The van der Waals surface area contributed by atoms with Crippen LogP contribution in [0.25, 0.3) is 11.3 Å². The first-order valence-electron chi connectivity index (χ1n) is 9.51. The SMILES string of the molecule is CN=c1scc(-c2ccc([N+](=O)[O-])cc2)n1N=Cc1ccc(N2CCOCC2)cc1. The molecule has 0 unspecified atom stereocenters. The maximum absolute atomic E-state index is 10.9. The van der Waals surface area contributed by atoms with Crippen molar-refractivity contribution < 1.29 is 9.66 Å². The molecule has 0 saturated carbocycles. The molecular formula is C21H21N5O3S. The van der Waals surface area contributed by atoms with Gasteiger partial charge in [-0.1, -0.05) is 12.1 Å². The molecule has 0 amide bonds. The first kappa shape index (κ1) is 20.0. The Labute approximate surface area is 177 Å². The summed E-state index contributed by atoms with van der Waals surface area (Å²) in [6.07, 6.45) is 1.79. The first-order valence-corrected chi connectivity index (χ1v) is 10.4. The van der Waals surface area contributed by atoms with E-state index in [2.05, 4.69) is 27.1 Å². The van der Waals surface area contributed by atoms with Crippen LogP contribution in [0.2, 0.25) is 0 Å². The second kappa shape index (κ2) is 9.02. The van der Waals surface area contributed by atoms with Crippen LogP contribution in [0.1, 0.15) is 5.56 Å². The van der Waals surface area contributed by atoms with Gasteiger partial charge in [0.2, 0.25) is 4.80 Å². The summed E-state index contributed by atoms with van der Waals surface area (Å²) in [4.78, 5) is 17.8. The standard InChI is InChI=1S/C21H21N5O3S/c1-22-21-25(20(15-30-21)17-4-8-19(9-5-17)26(27)28)23-14-16-2-6-18(7-3-16)24-10-12-29-13-11-24/h2-9,14-15H,10-13H2,1H3. The Bertz CT molecular complexity index is 1110. The molecule has 0 aliphatic carbocycles. The largest absolute Gasteiger partial charge is 0.378 e. The number of nitro groups is 1. The molecule has 1 aromatic heterocycles. The van der Waals surface area contributed by atoms with E-state index in [-0.39, 0.29) is 5.69 Å². The van der Waals surface area contributed by atoms with Crippen LogP contribution in [0.4, 0.5) is 11.4 Å². The van der Waals surface area contributed by atoms with E-state index in [4.69, 9.17) is 4.74 Å². The van der Waals surface area contributed by atoms with Gasteiger partial charge in [-0.05, 0) is 29.8 Å². The summed E-state index contributed by atoms with van der Waals surface area (Å²) in [5.41, 5.74) is 3.88. The summed E-state index contributed by atoms with van der Waals surface area (Å²) in [5, 5.41) is 17.5. The van der Waals surface area contributed by atoms with Gasteiger partial charge in [-0.3, -0.25) is 15.1 Å². The van der Waals surface area contributed by atoms with Crippen LogP contribution in [0.5, 0.6) is 0 Å². The second-order valence-electron chi connectivity index (χ2n) is 6.68. The summed E-state index contributed by atoms with van der Waals surface area (Å²) in [7, 11) is 1.72. The lowest BCUT2D eigenvalue weighted by molar-refractivity contribution is -0.384. The molecule has 8 nitrogen and oxygen atoms in total. The number of nitrogens with zero attached hydrogens (tertiary/aromatic N) is 5. The smallest absolute Gasteiger partial charge is 0.269 e. The van der Waals surface area contributed by atoms with E-state index in [1.165, 1.54) is 29.2 Å². The van der Waals surface area contributed by atoms with Crippen molar-refractivity contribution in [2.45, 2.75) is 0 Å². The lowest BCUT2D eigenvalue weighted by Gasteiger charge is -2.28. The Morgan fingerprint density at radius 1 is 1.10 bits per heavy atom. The summed E-state index contributed by atoms with van der Waals surface area (Å²) in [6.45, 7) is 3.32. The van der Waals surface area contributed by atoms with E-state index in [1.54, 1.807) is 30.1 Å². The highest BCUT2D eigenvalue weighted by Crippen LogP contribution is 2.23. The monoisotopic (exact) mass is 423 g/mol. The molecule has 0 spiro atoms. The molecule has 9 heteroatoms. The van der Waals surface area contributed by atoms with Crippen LogP contribution in [0.3, 0.4) is 0 Å². The van der Waals surface area contributed by atoms with Crippen molar-refractivity contribution in [3.63, 3.8) is 0 Å². The lowest BCUT2D eigenvalue weighted by atomic mass is 10.1. The summed E-state index contributed by atoms with van der Waals surface area (Å²) in [6, 6.07) is 14.7. The molecular weight excluding hydrogens is 402 g/mol. The molecule has 0 bridgehead atoms. The normalized spacial score (nSPS) is 15.1. The van der Waals surface area contributed by atoms with Gasteiger partial charge in [-0.2, -0.15) is 5.10 Å². The van der Waals surface area contributed by atoms with Crippen LogP contribution in [-0.2, 0) is 4.74 Å². The van der Waals surface area contributed by atoms with Gasteiger partial charge < -0.3 is 9.64 Å². The number of nitro benzene ring substituents is 1. The van der Waals surface area contributed by atoms with E-state index in [9.17, 15) is 10.1 Å². The molecule has 2 aromatic carbocycles. The molecule has 1 aliphatic heterocycles. The number of thiazole rings is 1. The third-order valence-electron chi connectivity index (χ3n) is 4.84. The molecule has 30 heavy (non-hydrogen) atoms. The van der Waals surface area contributed by atoms with E-state index >= 15 is 0 Å². The zero-order valence-corrected chi connectivity index (χ0v) is 17.3. The number of non-ortho nitro benzene ring substituents is 1. The number of hydrogen-bond donors (Lipinski definition) is 0. The van der Waals surface area contributed by atoms with Gasteiger partial charge in [-0.15, -0.1) is 11.3 Å². The number of rotatable bonds is 5. The molecule has 0 atom stereocenters. The van der Waals surface area contributed by atoms with Crippen molar-refractivity contribution in [2.75, 3.05) is 38.3 Å². The number of benzene rings is 2. The number of aromatic nitrogens is 1. The molecule has 1 fully saturated rings. The van der Waals surface area contributed by atoms with Gasteiger partial charge in [0.1, 0.15) is 0 Å². The quantitative estimate of drug-likeness (QED) is 0.358. The molecule has 3 aromatic rings. The van der Waals surface area contributed by atoms with E-state index in [0.29, 0.717) is 0 Å². The predicted octanol–water partition coefficient (Wildman–Crippen LogP) is 3.37. The van der Waals surface area contributed by atoms with Crippen LogP contribution >= 0.6 is 11.3 Å². The Morgan fingerprint density at radius 2 is 1.80 bits per heavy atom. The summed E-state index contributed by atoms with van der Waals surface area (Å²) >= 11 is 1.47. The lowest BCUT2D eigenvalue weighted by Crippen LogP contribution is -2.36. The highest BCUT2D eigenvalue weighted by atomic mass is 32.1. The maximum atomic E-state index is 10.9. The number of hydrogen-bond acceptors (Lipinski definition) is 7. The van der Waals surface area contributed by atoms with Crippen molar-refractivity contribution >= 4 is 28.9 Å². The van der Waals surface area contributed by atoms with Gasteiger partial charge in [0.25, 0.3) is 5.69 Å². The molecule has 0 radical (unpaired) electrons. The predicted molar refractivity (Wildman–Crippen MR) is 118 cm³/mol. The van der Waals surface area contributed by atoms with Gasteiger partial charge >= 0.3 is 0 Å². The van der Waals surface area contributed by atoms with Gasteiger partial charge in [0.05, 0.1) is 30.0 Å². The van der Waals surface area contributed by atoms with Crippen LogP contribution in [0.15, 0.2) is 64.0 Å². The fraction of sp³-hybridized carbons (Fsp3) is 0.238. The highest BCUT2D eigenvalue weighted by molar-refractivity contribution is 7.07. The van der Waals surface area contributed by atoms with Crippen LogP contribution in [-0.4, -0.2) is 49.2 Å². The Morgan fingerprint density at radius 3 is 2.43 bits per heavy atom. The first-order chi connectivity index (χ1) is 14.7. The maximum Gasteiger partial charge on any atom is 0.269 e. The van der Waals surface area contributed by atoms with Gasteiger partial charge in [0, 0.05) is 48.9 Å². The van der Waals surface area contributed by atoms with Crippen LogP contribution < -0.4 is 9.70 Å². The minimum atomic E-state index is -0.406. The summed E-state index contributed by atoms with van der Waals surface area (Å²) in [5.74, 6) is 0. The van der Waals surface area contributed by atoms with E-state index < -0.39 is 4.92 Å². The Hall–Kier alpha value is -3.30. The van der Waals surface area contributed by atoms with Crippen LogP contribution in [0, 0.1) is 10.1 Å². The minimum absolute atomic E-state index is 0.0600. The second-order valence-corrected chi connectivity index (χ2v) is 7.51. The van der Waals surface area contributed by atoms with Crippen molar-refractivity contribution in [3.05, 3.63) is 74.4 Å². The van der Waals surface area contributed by atoms with Crippen molar-refractivity contribution in [1.82, 2.24) is 4.68 Å². The fourth-order valence-corrected chi connectivity index (χ4v) is 4.04. The van der Waals surface area contributed by atoms with Gasteiger partial charge in [0.15, 0.2) is 0 Å². The summed E-state index contributed by atoms with van der Waals surface area (Å²) < 4.78 is 7.16. The van der Waals surface area contributed by atoms with Crippen molar-refractivity contribution in [1.29, 1.82) is 0 Å². The molecule has 1 saturated heterocycles. The zero-order chi connectivity index (χ0) is 20.9. The zero-order valence-electron chi connectivity index (χ0n) is 16.5. The fourth-order valence-electron chi connectivity index (χ4n) is 3.23. The molecule has 154 valence electrons. The average molecular weight is 423 g/mol. The average Bonchev–Trinajstić information content (AvgIpc) is 3.21. The number of anilines is 1. The van der Waals surface area contributed by atoms with Gasteiger partial charge in [-0.25, -0.2) is 4.68 Å². The molecule has 1 aliphatic rings. The number of ether oxygens (including phenoxy) is 1.